The molecule has 0 unspecified atom stereocenters. The van der Waals surface area contributed by atoms with Gasteiger partial charge in [-0.1, -0.05) is 6.07 Å². The molecule has 2 amide bonds. The number of hydrogen-bond acceptors (Lipinski definition) is 8. The Kier molecular flexibility index (Phi) is 7.78. The maximum Gasteiger partial charge on any atom is 0.260 e. The number of nitrogens with zero attached hydrogens (tertiary/aromatic N) is 7. The number of carbonyl (C=O) groups is 2. The van der Waals surface area contributed by atoms with E-state index in [1.54, 1.807) is 32.4 Å². The van der Waals surface area contributed by atoms with Crippen LogP contribution >= 0.6 is 0 Å². The van der Waals surface area contributed by atoms with E-state index in [1.807, 2.05) is 11.5 Å². The molecule has 0 saturated carbocycles. The van der Waals surface area contributed by atoms with Crippen LogP contribution in [0, 0.1) is 24.4 Å². The number of amides is 2. The molecule has 15 heteroatoms. The molecule has 0 spiro atoms. The molecule has 1 saturated heterocycles. The first-order valence-corrected chi connectivity index (χ1v) is 15.3. The SMILES string of the molecule is CO[C@H]1CN(C)C(=O)[C@@H]2C[C@@H](CN2C(=O)c2cnn(-c3ccc(F)cc3F)c2N)Nc2cccc(n2)-c2cc(F)cc3nc(C)n(c23)C1. The van der Waals surface area contributed by atoms with Crippen LogP contribution in [-0.2, 0) is 16.1 Å². The second-order valence-electron chi connectivity index (χ2n) is 12.1. The number of methoxy groups -OCH3 is 1. The number of aromatic nitrogens is 5. The van der Waals surface area contributed by atoms with Gasteiger partial charge in [0.25, 0.3) is 5.91 Å². The number of anilines is 2. The number of nitrogens with two attached hydrogens (primary N) is 1. The highest BCUT2D eigenvalue weighted by Gasteiger charge is 2.42. The van der Waals surface area contributed by atoms with Gasteiger partial charge in [0.05, 0.1) is 35.6 Å². The molecule has 4 bridgehead atoms. The standard InChI is InChI=1S/C33H32F3N9O3/c1-17-39-26-11-19(35)9-22-25-5-4-6-29(41-25)40-20-12-28(33(47)42(2)15-21(48-3)16-43(17)30(22)26)44(14-20)32(46)23-13-38-45(31(23)37)27-8-7-18(34)10-24(27)36/h4-11,13,20-21,28H,12,14-16,37H2,1-3H3,(H,40,41)/t20-,21-,28-/m0/s1. The van der Waals surface area contributed by atoms with Gasteiger partial charge < -0.3 is 30.2 Å². The van der Waals surface area contributed by atoms with E-state index < -0.39 is 41.5 Å². The molecule has 5 heterocycles. The summed E-state index contributed by atoms with van der Waals surface area (Å²) in [5.74, 6) is -2.09. The zero-order chi connectivity index (χ0) is 33.9. The molecule has 2 aliphatic heterocycles. The summed E-state index contributed by atoms with van der Waals surface area (Å²) in [6.07, 6.45) is 0.956. The van der Waals surface area contributed by atoms with Gasteiger partial charge in [0.1, 0.15) is 46.4 Å². The molecule has 48 heavy (non-hydrogen) atoms. The average Bonchev–Trinajstić information content (AvgIpc) is 3.74. The fraction of sp³-hybridized carbons (Fsp3) is 0.303. The van der Waals surface area contributed by atoms with E-state index in [2.05, 4.69) is 15.4 Å². The largest absolute Gasteiger partial charge is 0.383 e. The maximum atomic E-state index is 14.9. The van der Waals surface area contributed by atoms with Crippen LogP contribution < -0.4 is 11.1 Å². The monoisotopic (exact) mass is 659 g/mol. The van der Waals surface area contributed by atoms with E-state index >= 15 is 0 Å². The highest BCUT2D eigenvalue weighted by molar-refractivity contribution is 6.01. The Morgan fingerprint density at radius 3 is 2.62 bits per heavy atom. The van der Waals surface area contributed by atoms with Crippen LogP contribution in [0.4, 0.5) is 24.8 Å². The van der Waals surface area contributed by atoms with Crippen LogP contribution in [0.1, 0.15) is 22.6 Å². The van der Waals surface area contributed by atoms with Crippen LogP contribution in [0.5, 0.6) is 0 Å². The molecule has 2 aromatic carbocycles. The maximum absolute atomic E-state index is 14.9. The van der Waals surface area contributed by atoms with Gasteiger partial charge >= 0.3 is 0 Å². The molecular weight excluding hydrogens is 627 g/mol. The number of rotatable bonds is 3. The summed E-state index contributed by atoms with van der Waals surface area (Å²) in [6.45, 7) is 2.41. The van der Waals surface area contributed by atoms with Crippen molar-refractivity contribution in [3.8, 4) is 16.9 Å². The molecular formula is C33H32F3N9O3. The second kappa shape index (κ2) is 12.0. The summed E-state index contributed by atoms with van der Waals surface area (Å²) >= 11 is 0. The summed E-state index contributed by atoms with van der Waals surface area (Å²) in [4.78, 5) is 40.5. The normalized spacial score (nSPS) is 19.7. The van der Waals surface area contributed by atoms with Crippen LogP contribution in [0.25, 0.3) is 28.0 Å². The summed E-state index contributed by atoms with van der Waals surface area (Å²) in [5, 5.41) is 7.45. The first-order valence-electron chi connectivity index (χ1n) is 15.3. The van der Waals surface area contributed by atoms with Crippen molar-refractivity contribution in [2.45, 2.75) is 38.1 Å². The lowest BCUT2D eigenvalue weighted by atomic mass is 10.1. The number of imidazole rings is 1. The minimum absolute atomic E-state index is 0.0395. The first kappa shape index (κ1) is 31.2. The number of nitrogen functional groups attached to an aromatic ring is 1. The summed E-state index contributed by atoms with van der Waals surface area (Å²) < 4.78 is 51.8. The lowest BCUT2D eigenvalue weighted by molar-refractivity contribution is -0.135. The second-order valence-corrected chi connectivity index (χ2v) is 12.1. The Morgan fingerprint density at radius 2 is 1.85 bits per heavy atom. The molecule has 7 rings (SSSR count). The van der Waals surface area contributed by atoms with Crippen molar-refractivity contribution in [3.05, 3.63) is 83.6 Å². The van der Waals surface area contributed by atoms with Gasteiger partial charge in [-0.15, -0.1) is 0 Å². The minimum atomic E-state index is -0.906. The fourth-order valence-corrected chi connectivity index (χ4v) is 6.62. The highest BCUT2D eigenvalue weighted by atomic mass is 19.1. The van der Waals surface area contributed by atoms with Crippen molar-refractivity contribution in [1.82, 2.24) is 34.1 Å². The van der Waals surface area contributed by atoms with Gasteiger partial charge in [0.15, 0.2) is 5.82 Å². The van der Waals surface area contributed by atoms with Gasteiger partial charge in [0.2, 0.25) is 5.91 Å². The zero-order valence-electron chi connectivity index (χ0n) is 26.3. The third-order valence-electron chi connectivity index (χ3n) is 8.97. The van der Waals surface area contributed by atoms with Crippen molar-refractivity contribution in [3.63, 3.8) is 0 Å². The molecule has 3 N–H and O–H groups in total. The van der Waals surface area contributed by atoms with E-state index in [-0.39, 0.29) is 42.5 Å². The molecule has 12 nitrogen and oxygen atoms in total. The molecule has 1 fully saturated rings. The van der Waals surface area contributed by atoms with Crippen molar-refractivity contribution in [2.75, 3.05) is 38.3 Å². The molecule has 3 aromatic heterocycles. The van der Waals surface area contributed by atoms with Gasteiger partial charge in [-0.05, 0) is 43.7 Å². The predicted molar refractivity (Wildman–Crippen MR) is 171 cm³/mol. The number of pyridine rings is 1. The molecule has 0 radical (unpaired) electrons. The Hall–Kier alpha value is -5.44. The molecule has 3 atom stereocenters. The number of hydrogen-bond donors (Lipinski definition) is 2. The van der Waals surface area contributed by atoms with E-state index in [1.165, 1.54) is 34.2 Å². The van der Waals surface area contributed by atoms with Gasteiger partial charge in [-0.2, -0.15) is 5.10 Å². The first-order chi connectivity index (χ1) is 23.0. The van der Waals surface area contributed by atoms with Crippen LogP contribution in [0.3, 0.4) is 0 Å². The highest BCUT2D eigenvalue weighted by Crippen LogP contribution is 2.33. The Balaban J connectivity index is 1.28. The number of halogens is 3. The Labute approximate surface area is 272 Å². The van der Waals surface area contributed by atoms with Crippen molar-refractivity contribution in [1.29, 1.82) is 0 Å². The third-order valence-corrected chi connectivity index (χ3v) is 8.97. The van der Waals surface area contributed by atoms with Gasteiger partial charge in [-0.3, -0.25) is 9.59 Å². The zero-order valence-corrected chi connectivity index (χ0v) is 26.3. The van der Waals surface area contributed by atoms with Crippen molar-refractivity contribution < 1.29 is 27.5 Å². The van der Waals surface area contributed by atoms with Crippen molar-refractivity contribution in [2.24, 2.45) is 0 Å². The van der Waals surface area contributed by atoms with Crippen LogP contribution in [0.2, 0.25) is 0 Å². The molecule has 2 aliphatic rings. The minimum Gasteiger partial charge on any atom is -0.383 e. The van der Waals surface area contributed by atoms with E-state index in [4.69, 9.17) is 15.5 Å². The molecule has 5 aromatic rings. The quantitative estimate of drug-likeness (QED) is 0.299. The van der Waals surface area contributed by atoms with Crippen LogP contribution in [0.15, 0.2) is 54.7 Å². The number of nitrogens with one attached hydrogen (secondary N) is 1. The Bertz CT molecular complexity index is 2080. The number of likely N-dealkylation sites (N-methyl/N-ethyl adjacent to an activating group) is 1. The van der Waals surface area contributed by atoms with Gasteiger partial charge in [-0.25, -0.2) is 27.8 Å². The van der Waals surface area contributed by atoms with Crippen LogP contribution in [-0.4, -0.2) is 91.4 Å². The summed E-state index contributed by atoms with van der Waals surface area (Å²) in [7, 11) is 3.19. The number of benzene rings is 2. The van der Waals surface area contributed by atoms with Gasteiger partial charge in [0, 0.05) is 51.0 Å². The lowest BCUT2D eigenvalue weighted by Crippen LogP contribution is -2.48. The van der Waals surface area contributed by atoms with Crippen molar-refractivity contribution >= 4 is 34.5 Å². The molecule has 0 aliphatic carbocycles. The Morgan fingerprint density at radius 1 is 1.04 bits per heavy atom. The lowest BCUT2D eigenvalue weighted by Gasteiger charge is -2.30. The fourth-order valence-electron chi connectivity index (χ4n) is 6.62. The summed E-state index contributed by atoms with van der Waals surface area (Å²) in [5.41, 5.74) is 8.36. The predicted octanol–water partition coefficient (Wildman–Crippen LogP) is 3.77. The van der Waals surface area contributed by atoms with E-state index in [9.17, 15) is 22.8 Å². The molecule has 248 valence electrons. The topological polar surface area (TPSA) is 136 Å². The number of fused-ring (bicyclic) bond motifs is 5. The smallest absolute Gasteiger partial charge is 0.260 e. The van der Waals surface area contributed by atoms with E-state index in [0.717, 1.165) is 10.7 Å². The number of likely N-dealkylation sites (tertiary alicyclic amines) is 1. The van der Waals surface area contributed by atoms with E-state index in [0.29, 0.717) is 46.5 Å². The summed E-state index contributed by atoms with van der Waals surface area (Å²) in [6, 6.07) is 9.76. The average molecular weight is 660 g/mol. The number of carbonyl (C=O) groups excluding carboxylic acids is 2. The number of ether oxygens (including phenoxy) is 1. The number of aryl methyl sites for hydroxylation is 1. The third kappa shape index (κ3) is 5.39.